The molecule has 5 nitrogen and oxygen atoms in total. The second-order valence-corrected chi connectivity index (χ2v) is 13.1. The SMILES string of the molecule is c1ccc(-c2cc(-c3ccccc3)cc(-c3ccc(-c4cccc(-c5cccc(-c6nc(-c7cccnc7)nc(-c7cccnc7)n6)c5)c4)cc3)c2)cc1. The van der Waals surface area contributed by atoms with Crippen LogP contribution in [-0.4, -0.2) is 24.9 Å². The van der Waals surface area contributed by atoms with Gasteiger partial charge in [0.2, 0.25) is 0 Å². The molecule has 5 heteroatoms. The molecule has 0 N–H and O–H groups in total. The normalized spacial score (nSPS) is 11.0. The maximum absolute atomic E-state index is 4.90. The highest BCUT2D eigenvalue weighted by atomic mass is 15.0. The van der Waals surface area contributed by atoms with Crippen LogP contribution in [0.15, 0.2) is 201 Å². The fourth-order valence-electron chi connectivity index (χ4n) is 6.71. The van der Waals surface area contributed by atoms with E-state index in [0.717, 1.165) is 38.9 Å². The van der Waals surface area contributed by atoms with Gasteiger partial charge in [-0.25, -0.2) is 15.0 Å². The van der Waals surface area contributed by atoms with E-state index in [2.05, 4.69) is 156 Å². The number of rotatable bonds is 8. The summed E-state index contributed by atoms with van der Waals surface area (Å²) in [6.07, 6.45) is 7.02. The van der Waals surface area contributed by atoms with Crippen LogP contribution in [0, 0.1) is 0 Å². The van der Waals surface area contributed by atoms with Crippen LogP contribution in [-0.2, 0) is 0 Å². The largest absolute Gasteiger partial charge is 0.264 e. The van der Waals surface area contributed by atoms with Crippen molar-refractivity contribution in [3.05, 3.63) is 201 Å². The Kier molecular flexibility index (Phi) is 8.86. The summed E-state index contributed by atoms with van der Waals surface area (Å²) in [6.45, 7) is 0. The molecule has 0 aliphatic rings. The molecule has 9 aromatic rings. The van der Waals surface area contributed by atoms with Gasteiger partial charge in [-0.3, -0.25) is 9.97 Å². The molecule has 0 radical (unpaired) electrons. The molecule has 54 heavy (non-hydrogen) atoms. The Balaban J connectivity index is 1.04. The van der Waals surface area contributed by atoms with Crippen LogP contribution < -0.4 is 0 Å². The molecule has 0 amide bonds. The molecule has 0 atom stereocenters. The highest BCUT2D eigenvalue weighted by Gasteiger charge is 2.14. The Morgan fingerprint density at radius 1 is 0.222 bits per heavy atom. The van der Waals surface area contributed by atoms with Crippen LogP contribution >= 0.6 is 0 Å². The monoisotopic (exact) mass is 691 g/mol. The van der Waals surface area contributed by atoms with E-state index >= 15 is 0 Å². The zero-order valence-corrected chi connectivity index (χ0v) is 29.3. The third kappa shape index (κ3) is 6.94. The molecule has 0 saturated heterocycles. The molecule has 0 fully saturated rings. The summed E-state index contributed by atoms with van der Waals surface area (Å²) in [6, 6.07) is 61.6. The molecular weight excluding hydrogens is 659 g/mol. The van der Waals surface area contributed by atoms with Crippen LogP contribution in [0.1, 0.15) is 0 Å². The van der Waals surface area contributed by atoms with E-state index in [1.54, 1.807) is 24.8 Å². The molecule has 9 rings (SSSR count). The van der Waals surface area contributed by atoms with Crippen LogP contribution in [0.3, 0.4) is 0 Å². The van der Waals surface area contributed by atoms with Gasteiger partial charge in [0.25, 0.3) is 0 Å². The fraction of sp³-hybridized carbons (Fsp3) is 0. The molecule has 0 unspecified atom stereocenters. The minimum absolute atomic E-state index is 0.561. The molecule has 0 aliphatic carbocycles. The van der Waals surface area contributed by atoms with Gasteiger partial charge in [-0.1, -0.05) is 121 Å². The Labute approximate surface area is 314 Å². The molecule has 0 aliphatic heterocycles. The van der Waals surface area contributed by atoms with Gasteiger partial charge in [0.15, 0.2) is 17.5 Å². The van der Waals surface area contributed by atoms with Gasteiger partial charge in [0, 0.05) is 41.5 Å². The van der Waals surface area contributed by atoms with Gasteiger partial charge >= 0.3 is 0 Å². The third-order valence-corrected chi connectivity index (χ3v) is 9.49. The van der Waals surface area contributed by atoms with Gasteiger partial charge < -0.3 is 0 Å². The molecular formula is C49H33N5. The van der Waals surface area contributed by atoms with E-state index in [0.29, 0.717) is 17.5 Å². The van der Waals surface area contributed by atoms with E-state index in [-0.39, 0.29) is 0 Å². The van der Waals surface area contributed by atoms with Crippen molar-refractivity contribution >= 4 is 0 Å². The lowest BCUT2D eigenvalue weighted by Gasteiger charge is -2.12. The van der Waals surface area contributed by atoms with Crippen molar-refractivity contribution in [2.45, 2.75) is 0 Å². The molecule has 0 spiro atoms. The van der Waals surface area contributed by atoms with Crippen molar-refractivity contribution in [3.8, 4) is 89.8 Å². The molecule has 3 aromatic heterocycles. The van der Waals surface area contributed by atoms with Crippen LogP contribution in [0.5, 0.6) is 0 Å². The van der Waals surface area contributed by atoms with Gasteiger partial charge in [0.05, 0.1) is 0 Å². The van der Waals surface area contributed by atoms with Gasteiger partial charge in [-0.15, -0.1) is 0 Å². The van der Waals surface area contributed by atoms with Crippen molar-refractivity contribution in [2.24, 2.45) is 0 Å². The number of nitrogens with zero attached hydrogens (tertiary/aromatic N) is 5. The number of benzene rings is 6. The minimum atomic E-state index is 0.561. The summed E-state index contributed by atoms with van der Waals surface area (Å²) in [5.74, 6) is 1.71. The predicted octanol–water partition coefficient (Wildman–Crippen LogP) is 12.0. The van der Waals surface area contributed by atoms with E-state index in [1.807, 2.05) is 30.3 Å². The standard InChI is InChI=1S/C49H33N5/c1-3-11-34(12-4-1)44-29-45(35-13-5-2-6-14-35)31-46(30-44)37-23-21-36(22-24-37)38-15-7-16-39(27-38)40-17-8-18-41(28-40)47-52-48(42-19-9-25-50-32-42)54-49(53-47)43-20-10-26-51-33-43/h1-33H. The first-order valence-corrected chi connectivity index (χ1v) is 17.9. The topological polar surface area (TPSA) is 64.5 Å². The highest BCUT2D eigenvalue weighted by molar-refractivity contribution is 5.83. The van der Waals surface area contributed by atoms with Crippen molar-refractivity contribution < 1.29 is 0 Å². The van der Waals surface area contributed by atoms with Gasteiger partial charge in [-0.2, -0.15) is 0 Å². The minimum Gasteiger partial charge on any atom is -0.264 e. The zero-order valence-electron chi connectivity index (χ0n) is 29.3. The third-order valence-electron chi connectivity index (χ3n) is 9.49. The lowest BCUT2D eigenvalue weighted by Crippen LogP contribution is -2.00. The van der Waals surface area contributed by atoms with E-state index in [4.69, 9.17) is 15.0 Å². The summed E-state index contributed by atoms with van der Waals surface area (Å²) in [5, 5.41) is 0. The number of hydrogen-bond acceptors (Lipinski definition) is 5. The number of pyridine rings is 2. The number of hydrogen-bond donors (Lipinski definition) is 0. The smallest absolute Gasteiger partial charge is 0.165 e. The molecule has 0 bridgehead atoms. The van der Waals surface area contributed by atoms with Gasteiger partial charge in [-0.05, 0) is 110 Å². The second-order valence-electron chi connectivity index (χ2n) is 13.1. The Bertz CT molecular complexity index is 2560. The van der Waals surface area contributed by atoms with Crippen molar-refractivity contribution in [1.29, 1.82) is 0 Å². The van der Waals surface area contributed by atoms with E-state index in [9.17, 15) is 0 Å². The quantitative estimate of drug-likeness (QED) is 0.159. The number of aromatic nitrogens is 5. The zero-order chi connectivity index (χ0) is 36.1. The Morgan fingerprint density at radius 3 is 0.981 bits per heavy atom. The van der Waals surface area contributed by atoms with E-state index in [1.165, 1.54) is 33.4 Å². The lowest BCUT2D eigenvalue weighted by molar-refractivity contribution is 1.07. The Hall–Kier alpha value is -7.37. The van der Waals surface area contributed by atoms with E-state index < -0.39 is 0 Å². The van der Waals surface area contributed by atoms with Crippen LogP contribution in [0.2, 0.25) is 0 Å². The van der Waals surface area contributed by atoms with Crippen molar-refractivity contribution in [1.82, 2.24) is 24.9 Å². The summed E-state index contributed by atoms with van der Waals surface area (Å²) < 4.78 is 0. The average molecular weight is 692 g/mol. The fourth-order valence-corrected chi connectivity index (χ4v) is 6.71. The summed E-state index contributed by atoms with van der Waals surface area (Å²) >= 11 is 0. The maximum atomic E-state index is 4.90. The highest BCUT2D eigenvalue weighted by Crippen LogP contribution is 2.35. The molecule has 3 heterocycles. The lowest BCUT2D eigenvalue weighted by atomic mass is 9.92. The molecule has 6 aromatic carbocycles. The van der Waals surface area contributed by atoms with Crippen molar-refractivity contribution in [3.63, 3.8) is 0 Å². The summed E-state index contributed by atoms with van der Waals surface area (Å²) in [4.78, 5) is 23.2. The summed E-state index contributed by atoms with van der Waals surface area (Å²) in [5.41, 5.74) is 14.2. The first-order valence-electron chi connectivity index (χ1n) is 17.9. The van der Waals surface area contributed by atoms with Crippen LogP contribution in [0.4, 0.5) is 0 Å². The van der Waals surface area contributed by atoms with Crippen LogP contribution in [0.25, 0.3) is 89.8 Å². The average Bonchev–Trinajstić information content (AvgIpc) is 3.27. The summed E-state index contributed by atoms with van der Waals surface area (Å²) in [7, 11) is 0. The first-order chi connectivity index (χ1) is 26.7. The predicted molar refractivity (Wildman–Crippen MR) is 219 cm³/mol. The van der Waals surface area contributed by atoms with Gasteiger partial charge in [0.1, 0.15) is 0 Å². The molecule has 0 saturated carbocycles. The Morgan fingerprint density at radius 2 is 0.537 bits per heavy atom. The molecule has 254 valence electrons. The second kappa shape index (κ2) is 14.7. The maximum Gasteiger partial charge on any atom is 0.165 e. The first kappa shape index (κ1) is 32.5. The van der Waals surface area contributed by atoms with Crippen molar-refractivity contribution in [2.75, 3.05) is 0 Å².